The Hall–Kier alpha value is -3.85. The van der Waals surface area contributed by atoms with E-state index >= 15 is 0 Å². The van der Waals surface area contributed by atoms with Crippen molar-refractivity contribution >= 4 is 11.7 Å². The van der Waals surface area contributed by atoms with Crippen molar-refractivity contribution in [3.8, 4) is 17.3 Å². The molecule has 160 valence electrons. The molecule has 5 nitrogen and oxygen atoms in total. The number of likely N-dealkylation sites (tertiary alicyclic amines) is 1. The number of nitriles is 1. The Bertz CT molecular complexity index is 1190. The Kier molecular flexibility index (Phi) is 6.37. The molecule has 1 aliphatic rings. The fraction of sp³-hybridized carbons (Fsp3) is 0.231. The minimum atomic E-state index is -0.349. The zero-order chi connectivity index (χ0) is 22.5. The van der Waals surface area contributed by atoms with Crippen molar-refractivity contribution in [2.75, 3.05) is 13.1 Å². The highest BCUT2D eigenvalue weighted by molar-refractivity contribution is 5.96. The minimum Gasteiger partial charge on any atom is -0.339 e. The summed E-state index contributed by atoms with van der Waals surface area (Å²) in [5.74, 6) is -0.595. The zero-order valence-corrected chi connectivity index (χ0v) is 17.5. The number of pyridine rings is 1. The van der Waals surface area contributed by atoms with Crippen LogP contribution in [0.1, 0.15) is 34.5 Å². The number of carbonyl (C=O) groups excluding carboxylic acids is 2. The molecule has 2 aromatic carbocycles. The van der Waals surface area contributed by atoms with E-state index in [0.717, 1.165) is 0 Å². The van der Waals surface area contributed by atoms with Gasteiger partial charge in [-0.2, -0.15) is 5.26 Å². The molecule has 0 radical (unpaired) electrons. The third-order valence-corrected chi connectivity index (χ3v) is 5.83. The predicted octanol–water partition coefficient (Wildman–Crippen LogP) is 4.42. The summed E-state index contributed by atoms with van der Waals surface area (Å²) in [6.45, 7) is 0.940. The average Bonchev–Trinajstić information content (AvgIpc) is 2.84. The third-order valence-electron chi connectivity index (χ3n) is 5.83. The van der Waals surface area contributed by atoms with Gasteiger partial charge in [-0.1, -0.05) is 30.3 Å². The van der Waals surface area contributed by atoms with Crippen LogP contribution in [0.4, 0.5) is 4.39 Å². The van der Waals surface area contributed by atoms with E-state index in [9.17, 15) is 19.2 Å². The number of aromatic nitrogens is 1. The molecule has 0 spiro atoms. The molecule has 0 atom stereocenters. The number of piperidine rings is 1. The number of amides is 1. The minimum absolute atomic E-state index is 0.0766. The smallest absolute Gasteiger partial charge is 0.255 e. The van der Waals surface area contributed by atoms with E-state index < -0.39 is 0 Å². The first-order valence-electron chi connectivity index (χ1n) is 10.6. The summed E-state index contributed by atoms with van der Waals surface area (Å²) in [6, 6.07) is 20.5. The molecule has 0 unspecified atom stereocenters. The van der Waals surface area contributed by atoms with Gasteiger partial charge in [0.15, 0.2) is 0 Å². The van der Waals surface area contributed by atoms with E-state index in [0.29, 0.717) is 54.0 Å². The molecule has 1 amide bonds. The maximum atomic E-state index is 14.1. The molecule has 6 heteroatoms. The van der Waals surface area contributed by atoms with Crippen LogP contribution < -0.4 is 0 Å². The quantitative estimate of drug-likeness (QED) is 0.604. The standard InChI is InChI=1S/C26H22FN3O2/c27-23-10-4-3-9-22(23)24-11-5-7-20(29-24)16-25(31)18-12-14-30(15-13-18)26(32)21-8-2-1-6-19(21)17-28/h1-11,18H,12-16H2. The summed E-state index contributed by atoms with van der Waals surface area (Å²) in [4.78, 5) is 31.9. The van der Waals surface area contributed by atoms with Gasteiger partial charge in [0, 0.05) is 36.7 Å². The lowest BCUT2D eigenvalue weighted by molar-refractivity contribution is -0.123. The Morgan fingerprint density at radius 2 is 1.72 bits per heavy atom. The van der Waals surface area contributed by atoms with Crippen LogP contribution in [0.15, 0.2) is 66.7 Å². The first-order chi connectivity index (χ1) is 15.6. The number of benzene rings is 2. The summed E-state index contributed by atoms with van der Waals surface area (Å²) in [5.41, 5.74) is 2.28. The second-order valence-electron chi connectivity index (χ2n) is 7.86. The Morgan fingerprint density at radius 3 is 2.47 bits per heavy atom. The Labute approximate surface area is 186 Å². The summed E-state index contributed by atoms with van der Waals surface area (Å²) in [5, 5.41) is 9.24. The van der Waals surface area contributed by atoms with Gasteiger partial charge in [-0.05, 0) is 49.2 Å². The molecule has 1 aromatic heterocycles. The number of ketones is 1. The first kappa shape index (κ1) is 21.4. The molecule has 4 rings (SSSR count). The predicted molar refractivity (Wildman–Crippen MR) is 118 cm³/mol. The van der Waals surface area contributed by atoms with E-state index in [1.165, 1.54) is 6.07 Å². The molecule has 0 aliphatic carbocycles. The second-order valence-corrected chi connectivity index (χ2v) is 7.86. The Balaban J connectivity index is 1.38. The lowest BCUT2D eigenvalue weighted by Crippen LogP contribution is -2.40. The highest BCUT2D eigenvalue weighted by Gasteiger charge is 2.28. The molecule has 3 aromatic rings. The van der Waals surface area contributed by atoms with E-state index in [1.54, 1.807) is 65.6 Å². The van der Waals surface area contributed by atoms with Gasteiger partial charge in [0.25, 0.3) is 5.91 Å². The van der Waals surface area contributed by atoms with Crippen molar-refractivity contribution in [3.05, 3.63) is 89.4 Å². The normalized spacial score (nSPS) is 14.1. The monoisotopic (exact) mass is 427 g/mol. The average molecular weight is 427 g/mol. The van der Waals surface area contributed by atoms with Gasteiger partial charge in [-0.25, -0.2) is 4.39 Å². The van der Waals surface area contributed by atoms with Gasteiger partial charge in [-0.3, -0.25) is 14.6 Å². The molecular formula is C26H22FN3O2. The van der Waals surface area contributed by atoms with Gasteiger partial charge < -0.3 is 4.90 Å². The number of rotatable bonds is 5. The SMILES string of the molecule is N#Cc1ccccc1C(=O)N1CCC(C(=O)Cc2cccc(-c3ccccc3F)n2)CC1. The van der Waals surface area contributed by atoms with E-state index in [-0.39, 0.29) is 29.8 Å². The number of carbonyl (C=O) groups is 2. The largest absolute Gasteiger partial charge is 0.339 e. The van der Waals surface area contributed by atoms with Crippen molar-refractivity contribution in [1.82, 2.24) is 9.88 Å². The van der Waals surface area contributed by atoms with Crippen LogP contribution in [0, 0.1) is 23.1 Å². The molecular weight excluding hydrogens is 405 g/mol. The van der Waals surface area contributed by atoms with Crippen LogP contribution in [0.3, 0.4) is 0 Å². The van der Waals surface area contributed by atoms with Crippen LogP contribution in [0.25, 0.3) is 11.3 Å². The van der Waals surface area contributed by atoms with Crippen LogP contribution >= 0.6 is 0 Å². The third kappa shape index (κ3) is 4.57. The molecule has 0 saturated carbocycles. The lowest BCUT2D eigenvalue weighted by atomic mass is 9.89. The van der Waals surface area contributed by atoms with Crippen LogP contribution in [0.2, 0.25) is 0 Å². The van der Waals surface area contributed by atoms with Gasteiger partial charge in [-0.15, -0.1) is 0 Å². The highest BCUT2D eigenvalue weighted by Crippen LogP contribution is 2.24. The molecule has 2 heterocycles. The summed E-state index contributed by atoms with van der Waals surface area (Å²) in [6.07, 6.45) is 1.33. The zero-order valence-electron chi connectivity index (χ0n) is 17.5. The molecule has 1 fully saturated rings. The van der Waals surface area contributed by atoms with Crippen molar-refractivity contribution < 1.29 is 14.0 Å². The molecule has 0 N–H and O–H groups in total. The Morgan fingerprint density at radius 1 is 1.00 bits per heavy atom. The van der Waals surface area contributed by atoms with Crippen molar-refractivity contribution in [2.24, 2.45) is 5.92 Å². The fourth-order valence-corrected chi connectivity index (χ4v) is 4.06. The maximum absolute atomic E-state index is 14.1. The van der Waals surface area contributed by atoms with Crippen LogP contribution in [0.5, 0.6) is 0 Å². The van der Waals surface area contributed by atoms with Gasteiger partial charge >= 0.3 is 0 Å². The van der Waals surface area contributed by atoms with Gasteiger partial charge in [0.2, 0.25) is 0 Å². The summed E-state index contributed by atoms with van der Waals surface area (Å²) in [7, 11) is 0. The number of halogens is 1. The number of hydrogen-bond donors (Lipinski definition) is 0. The molecule has 32 heavy (non-hydrogen) atoms. The van der Waals surface area contributed by atoms with Gasteiger partial charge in [0.1, 0.15) is 11.6 Å². The lowest BCUT2D eigenvalue weighted by Gasteiger charge is -2.31. The number of hydrogen-bond acceptors (Lipinski definition) is 4. The number of Topliss-reactive ketones (excluding diaryl/α,β-unsaturated/α-hetero) is 1. The van der Waals surface area contributed by atoms with Gasteiger partial charge in [0.05, 0.1) is 22.9 Å². The highest BCUT2D eigenvalue weighted by atomic mass is 19.1. The van der Waals surface area contributed by atoms with Crippen molar-refractivity contribution in [3.63, 3.8) is 0 Å². The van der Waals surface area contributed by atoms with E-state index in [1.807, 2.05) is 0 Å². The summed E-state index contributed by atoms with van der Waals surface area (Å²) >= 11 is 0. The topological polar surface area (TPSA) is 74.1 Å². The van der Waals surface area contributed by atoms with Crippen molar-refractivity contribution in [1.29, 1.82) is 5.26 Å². The number of nitrogens with zero attached hydrogens (tertiary/aromatic N) is 3. The fourth-order valence-electron chi connectivity index (χ4n) is 4.06. The molecule has 1 saturated heterocycles. The first-order valence-corrected chi connectivity index (χ1v) is 10.6. The molecule has 0 bridgehead atoms. The maximum Gasteiger partial charge on any atom is 0.255 e. The van der Waals surface area contributed by atoms with Crippen molar-refractivity contribution in [2.45, 2.75) is 19.3 Å². The van der Waals surface area contributed by atoms with Crippen LogP contribution in [-0.4, -0.2) is 34.7 Å². The van der Waals surface area contributed by atoms with Crippen LogP contribution in [-0.2, 0) is 11.2 Å². The summed E-state index contributed by atoms with van der Waals surface area (Å²) < 4.78 is 14.1. The van der Waals surface area contributed by atoms with E-state index in [2.05, 4.69) is 11.1 Å². The van der Waals surface area contributed by atoms with E-state index in [4.69, 9.17) is 0 Å². The second kappa shape index (κ2) is 9.52. The molecule has 1 aliphatic heterocycles.